The molecule has 7 heteroatoms. The van der Waals surface area contributed by atoms with Crippen LogP contribution in [0, 0.1) is 5.82 Å². The van der Waals surface area contributed by atoms with E-state index in [0.29, 0.717) is 4.47 Å². The molecule has 0 heterocycles. The van der Waals surface area contributed by atoms with Crippen molar-refractivity contribution in [1.82, 2.24) is 4.90 Å². The second-order valence-electron chi connectivity index (χ2n) is 4.44. The van der Waals surface area contributed by atoms with Crippen LogP contribution in [0.15, 0.2) is 22.7 Å². The highest BCUT2D eigenvalue weighted by molar-refractivity contribution is 9.10. The van der Waals surface area contributed by atoms with E-state index >= 15 is 0 Å². The van der Waals surface area contributed by atoms with Crippen LogP contribution in [-0.2, 0) is 20.9 Å². The second-order valence-corrected chi connectivity index (χ2v) is 5.36. The number of benzene rings is 1. The van der Waals surface area contributed by atoms with E-state index in [2.05, 4.69) is 15.9 Å². The number of carboxylic acids is 1. The van der Waals surface area contributed by atoms with E-state index in [0.717, 1.165) is 18.9 Å². The minimum atomic E-state index is -1.99. The van der Waals surface area contributed by atoms with Crippen molar-refractivity contribution < 1.29 is 23.8 Å². The van der Waals surface area contributed by atoms with Gasteiger partial charge in [-0.2, -0.15) is 0 Å². The molecule has 0 fully saturated rings. The van der Waals surface area contributed by atoms with Gasteiger partial charge in [0, 0.05) is 30.7 Å². The zero-order valence-corrected chi connectivity index (χ0v) is 12.9. The number of aliphatic carboxylic acids is 1. The Kier molecular flexibility index (Phi) is 5.24. The fraction of sp³-hybridized carbons (Fsp3) is 0.385. The van der Waals surface area contributed by atoms with Gasteiger partial charge in [-0.25, -0.2) is 9.18 Å². The van der Waals surface area contributed by atoms with Crippen LogP contribution in [0.1, 0.15) is 12.5 Å². The number of hydrogen-bond acceptors (Lipinski definition) is 3. The molecule has 0 aromatic heterocycles. The Morgan fingerprint density at radius 3 is 2.55 bits per heavy atom. The summed E-state index contributed by atoms with van der Waals surface area (Å²) in [4.78, 5) is 24.3. The first-order chi connectivity index (χ1) is 9.22. The van der Waals surface area contributed by atoms with Crippen molar-refractivity contribution in [1.29, 1.82) is 0 Å². The smallest absolute Gasteiger partial charge is 0.345 e. The van der Waals surface area contributed by atoms with Crippen molar-refractivity contribution in [3.8, 4) is 0 Å². The van der Waals surface area contributed by atoms with Crippen LogP contribution in [0.4, 0.5) is 4.39 Å². The largest absolute Gasteiger partial charge is 0.479 e. The molecule has 1 rings (SSSR count). The number of nitrogens with zero attached hydrogens (tertiary/aromatic N) is 1. The minimum absolute atomic E-state index is 0.0514. The van der Waals surface area contributed by atoms with Crippen molar-refractivity contribution in [3.63, 3.8) is 0 Å². The number of rotatable bonds is 5. The number of likely N-dealkylation sites (N-methyl/N-ethyl adjacent to an activating group) is 1. The second kappa shape index (κ2) is 6.32. The molecule has 0 saturated carbocycles. The first kappa shape index (κ1) is 16.6. The molecule has 1 amide bonds. The average Bonchev–Trinajstić information content (AvgIpc) is 2.39. The summed E-state index contributed by atoms with van der Waals surface area (Å²) in [7, 11) is 2.53. The quantitative estimate of drug-likeness (QED) is 0.827. The van der Waals surface area contributed by atoms with E-state index in [-0.39, 0.29) is 12.1 Å². The van der Waals surface area contributed by atoms with Crippen LogP contribution in [0.2, 0.25) is 0 Å². The Labute approximate surface area is 124 Å². The molecular weight excluding hydrogens is 333 g/mol. The molecule has 0 radical (unpaired) electrons. The molecule has 1 N–H and O–H groups in total. The Hall–Kier alpha value is -1.47. The molecule has 5 nitrogen and oxygen atoms in total. The molecule has 0 bridgehead atoms. The summed E-state index contributed by atoms with van der Waals surface area (Å²) in [6.45, 7) is 1.11. The highest BCUT2D eigenvalue weighted by Gasteiger charge is 2.43. The number of amides is 1. The summed E-state index contributed by atoms with van der Waals surface area (Å²) >= 11 is 3.14. The van der Waals surface area contributed by atoms with Gasteiger partial charge in [0.25, 0.3) is 5.91 Å². The van der Waals surface area contributed by atoms with Crippen LogP contribution in [-0.4, -0.2) is 41.6 Å². The van der Waals surface area contributed by atoms with Crippen LogP contribution < -0.4 is 0 Å². The van der Waals surface area contributed by atoms with Gasteiger partial charge in [0.1, 0.15) is 5.82 Å². The SMILES string of the molecule is COC(C)(C(=O)O)C(=O)N(C)Cc1ccc(Br)cc1F. The Morgan fingerprint density at radius 2 is 2.10 bits per heavy atom. The van der Waals surface area contributed by atoms with E-state index < -0.39 is 23.3 Å². The van der Waals surface area contributed by atoms with Gasteiger partial charge >= 0.3 is 5.97 Å². The lowest BCUT2D eigenvalue weighted by molar-refractivity contribution is -0.172. The maximum atomic E-state index is 13.7. The van der Waals surface area contributed by atoms with Gasteiger partial charge in [-0.05, 0) is 19.1 Å². The Bertz CT molecular complexity index is 537. The summed E-state index contributed by atoms with van der Waals surface area (Å²) in [6.07, 6.45) is 0. The van der Waals surface area contributed by atoms with E-state index in [4.69, 9.17) is 9.84 Å². The number of halogens is 2. The summed E-state index contributed by atoms with van der Waals surface area (Å²) in [5.74, 6) is -2.63. The van der Waals surface area contributed by atoms with Crippen molar-refractivity contribution in [2.75, 3.05) is 14.2 Å². The summed E-state index contributed by atoms with van der Waals surface area (Å²) < 4.78 is 19.1. The zero-order valence-electron chi connectivity index (χ0n) is 11.3. The number of carbonyl (C=O) groups is 2. The average molecular weight is 348 g/mol. The summed E-state index contributed by atoms with van der Waals surface area (Å²) in [5.41, 5.74) is -1.70. The molecule has 20 heavy (non-hydrogen) atoms. The summed E-state index contributed by atoms with van der Waals surface area (Å²) in [6, 6.07) is 4.44. The van der Waals surface area contributed by atoms with Crippen LogP contribution in [0.3, 0.4) is 0 Å². The van der Waals surface area contributed by atoms with Crippen LogP contribution >= 0.6 is 15.9 Å². The summed E-state index contributed by atoms with van der Waals surface area (Å²) in [5, 5.41) is 9.06. The molecule has 0 aliphatic rings. The molecule has 1 aromatic rings. The Morgan fingerprint density at radius 1 is 1.50 bits per heavy atom. The predicted octanol–water partition coefficient (Wildman–Crippen LogP) is 2.04. The number of carbonyl (C=O) groups excluding carboxylic acids is 1. The first-order valence-corrected chi connectivity index (χ1v) is 6.49. The van der Waals surface area contributed by atoms with Crippen LogP contribution in [0.25, 0.3) is 0 Å². The Balaban J connectivity index is 2.93. The van der Waals surface area contributed by atoms with Gasteiger partial charge in [-0.15, -0.1) is 0 Å². The monoisotopic (exact) mass is 347 g/mol. The minimum Gasteiger partial charge on any atom is -0.479 e. The molecular formula is C13H15BrFNO4. The van der Waals surface area contributed by atoms with Crippen molar-refractivity contribution in [2.45, 2.75) is 19.1 Å². The molecule has 1 aromatic carbocycles. The predicted molar refractivity (Wildman–Crippen MR) is 73.6 cm³/mol. The standard InChI is InChI=1S/C13H15BrFNO4/c1-13(20-3,12(18)19)11(17)16(2)7-8-4-5-9(14)6-10(8)15/h4-6H,7H2,1-3H3,(H,18,19). The lowest BCUT2D eigenvalue weighted by Gasteiger charge is -2.28. The topological polar surface area (TPSA) is 66.8 Å². The van der Waals surface area contributed by atoms with E-state index in [1.807, 2.05) is 0 Å². The van der Waals surface area contributed by atoms with Gasteiger partial charge in [0.2, 0.25) is 5.60 Å². The third-order valence-corrected chi connectivity index (χ3v) is 3.49. The lowest BCUT2D eigenvalue weighted by atomic mass is 10.1. The van der Waals surface area contributed by atoms with Crippen molar-refractivity contribution in [3.05, 3.63) is 34.1 Å². The molecule has 110 valence electrons. The molecule has 0 spiro atoms. The van der Waals surface area contributed by atoms with Gasteiger partial charge in [-0.3, -0.25) is 4.79 Å². The van der Waals surface area contributed by atoms with E-state index in [9.17, 15) is 14.0 Å². The number of methoxy groups -OCH3 is 1. The van der Waals surface area contributed by atoms with Crippen molar-refractivity contribution >= 4 is 27.8 Å². The third kappa shape index (κ3) is 3.34. The van der Waals surface area contributed by atoms with Crippen LogP contribution in [0.5, 0.6) is 0 Å². The lowest BCUT2D eigenvalue weighted by Crippen LogP contribution is -2.52. The first-order valence-electron chi connectivity index (χ1n) is 5.70. The van der Waals surface area contributed by atoms with E-state index in [1.54, 1.807) is 6.07 Å². The highest BCUT2D eigenvalue weighted by atomic mass is 79.9. The molecule has 1 atom stereocenters. The molecule has 0 aliphatic heterocycles. The normalized spacial score (nSPS) is 13.7. The van der Waals surface area contributed by atoms with Gasteiger partial charge in [0.05, 0.1) is 0 Å². The number of ether oxygens (including phenoxy) is 1. The van der Waals surface area contributed by atoms with Crippen molar-refractivity contribution in [2.24, 2.45) is 0 Å². The maximum Gasteiger partial charge on any atom is 0.345 e. The number of carboxylic acid groups (broad SMARTS) is 1. The molecule has 0 saturated heterocycles. The number of hydrogen-bond donors (Lipinski definition) is 1. The van der Waals surface area contributed by atoms with Gasteiger partial charge in [0.15, 0.2) is 0 Å². The molecule has 0 aliphatic carbocycles. The fourth-order valence-electron chi connectivity index (χ4n) is 1.61. The van der Waals surface area contributed by atoms with E-state index in [1.165, 1.54) is 19.2 Å². The molecule has 1 unspecified atom stereocenters. The third-order valence-electron chi connectivity index (χ3n) is 2.99. The highest BCUT2D eigenvalue weighted by Crippen LogP contribution is 2.19. The van der Waals surface area contributed by atoms with Gasteiger partial charge < -0.3 is 14.7 Å². The van der Waals surface area contributed by atoms with Gasteiger partial charge in [-0.1, -0.05) is 22.0 Å². The fourth-order valence-corrected chi connectivity index (χ4v) is 1.94. The maximum absolute atomic E-state index is 13.7. The zero-order chi connectivity index (χ0) is 15.5.